The lowest BCUT2D eigenvalue weighted by atomic mass is 9.87. The van der Waals surface area contributed by atoms with Crippen molar-refractivity contribution in [1.29, 1.82) is 0 Å². The number of ether oxygens (including phenoxy) is 2. The summed E-state index contributed by atoms with van der Waals surface area (Å²) in [5.41, 5.74) is 0. The van der Waals surface area contributed by atoms with E-state index in [1.54, 1.807) is 7.11 Å². The topological polar surface area (TPSA) is 30.5 Å². The smallest absolute Gasteiger partial charge is 0.0510 e. The summed E-state index contributed by atoms with van der Waals surface area (Å²) in [6.07, 6.45) is 2.33. The molecule has 1 aliphatic rings. The summed E-state index contributed by atoms with van der Waals surface area (Å²) in [6.45, 7) is 8.24. The highest BCUT2D eigenvalue weighted by atomic mass is 16.5. The summed E-state index contributed by atoms with van der Waals surface area (Å²) in [6, 6.07) is 0.590. The second kappa shape index (κ2) is 7.20. The van der Waals surface area contributed by atoms with E-state index in [0.717, 1.165) is 32.8 Å². The van der Waals surface area contributed by atoms with Crippen LogP contribution in [-0.2, 0) is 9.47 Å². The first kappa shape index (κ1) is 12.9. The molecule has 0 saturated carbocycles. The lowest BCUT2D eigenvalue weighted by Gasteiger charge is -2.29. The molecule has 15 heavy (non-hydrogen) atoms. The van der Waals surface area contributed by atoms with Crippen molar-refractivity contribution < 1.29 is 9.47 Å². The summed E-state index contributed by atoms with van der Waals surface area (Å²) < 4.78 is 10.6. The van der Waals surface area contributed by atoms with Crippen LogP contribution in [0.3, 0.4) is 0 Å². The van der Waals surface area contributed by atoms with E-state index in [1.165, 1.54) is 6.42 Å². The average Bonchev–Trinajstić information content (AvgIpc) is 2.75. The first-order valence-electron chi connectivity index (χ1n) is 6.09. The van der Waals surface area contributed by atoms with Crippen molar-refractivity contribution in [1.82, 2.24) is 5.32 Å². The molecule has 1 N–H and O–H groups in total. The van der Waals surface area contributed by atoms with Gasteiger partial charge in [0.1, 0.15) is 0 Å². The monoisotopic (exact) mass is 215 g/mol. The van der Waals surface area contributed by atoms with Crippen LogP contribution in [0.1, 0.15) is 26.7 Å². The molecule has 0 aromatic carbocycles. The molecular weight excluding hydrogens is 190 g/mol. The van der Waals surface area contributed by atoms with Crippen LogP contribution in [-0.4, -0.2) is 39.5 Å². The Hall–Kier alpha value is -0.120. The Morgan fingerprint density at radius 2 is 2.33 bits per heavy atom. The van der Waals surface area contributed by atoms with E-state index in [2.05, 4.69) is 19.2 Å². The second-order valence-corrected chi connectivity index (χ2v) is 4.47. The second-order valence-electron chi connectivity index (χ2n) is 4.47. The summed E-state index contributed by atoms with van der Waals surface area (Å²) in [7, 11) is 1.77. The third-order valence-corrected chi connectivity index (χ3v) is 3.30. The molecule has 0 radical (unpaired) electrons. The Bertz CT molecular complexity index is 158. The summed E-state index contributed by atoms with van der Waals surface area (Å²) in [5, 5.41) is 3.60. The van der Waals surface area contributed by atoms with Gasteiger partial charge in [0.15, 0.2) is 0 Å². The van der Waals surface area contributed by atoms with Gasteiger partial charge in [0.2, 0.25) is 0 Å². The summed E-state index contributed by atoms with van der Waals surface area (Å²) >= 11 is 0. The van der Waals surface area contributed by atoms with Gasteiger partial charge in [-0.1, -0.05) is 13.8 Å². The van der Waals surface area contributed by atoms with Crippen LogP contribution in [0.15, 0.2) is 0 Å². The van der Waals surface area contributed by atoms with Gasteiger partial charge in [-0.25, -0.2) is 0 Å². The zero-order valence-electron chi connectivity index (χ0n) is 10.3. The maximum Gasteiger partial charge on any atom is 0.0510 e. The lowest BCUT2D eigenvalue weighted by Crippen LogP contribution is -2.42. The molecule has 1 aliphatic heterocycles. The number of nitrogens with one attached hydrogen (secondary N) is 1. The van der Waals surface area contributed by atoms with Crippen LogP contribution in [0.2, 0.25) is 0 Å². The molecule has 1 rings (SSSR count). The molecular formula is C12H25NO2. The average molecular weight is 215 g/mol. The number of hydrogen-bond acceptors (Lipinski definition) is 3. The minimum Gasteiger partial charge on any atom is -0.385 e. The molecule has 1 heterocycles. The third kappa shape index (κ3) is 4.09. The fourth-order valence-electron chi connectivity index (χ4n) is 2.39. The summed E-state index contributed by atoms with van der Waals surface area (Å²) in [4.78, 5) is 0. The fraction of sp³-hybridized carbons (Fsp3) is 1.00. The third-order valence-electron chi connectivity index (χ3n) is 3.30. The van der Waals surface area contributed by atoms with E-state index < -0.39 is 0 Å². The van der Waals surface area contributed by atoms with Gasteiger partial charge < -0.3 is 14.8 Å². The van der Waals surface area contributed by atoms with Gasteiger partial charge in [0, 0.05) is 32.3 Å². The molecule has 3 nitrogen and oxygen atoms in total. The van der Waals surface area contributed by atoms with Crippen LogP contribution in [0.25, 0.3) is 0 Å². The predicted molar refractivity (Wildman–Crippen MR) is 62.0 cm³/mol. The predicted octanol–water partition coefficient (Wildman–Crippen LogP) is 1.67. The fourth-order valence-corrected chi connectivity index (χ4v) is 2.39. The van der Waals surface area contributed by atoms with Crippen LogP contribution >= 0.6 is 0 Å². The summed E-state index contributed by atoms with van der Waals surface area (Å²) in [5.74, 6) is 1.36. The van der Waals surface area contributed by atoms with Gasteiger partial charge in [0.25, 0.3) is 0 Å². The quantitative estimate of drug-likeness (QED) is 0.701. The highest BCUT2D eigenvalue weighted by Crippen LogP contribution is 2.23. The molecule has 3 atom stereocenters. The van der Waals surface area contributed by atoms with E-state index in [0.29, 0.717) is 17.9 Å². The van der Waals surface area contributed by atoms with Crippen molar-refractivity contribution in [3.63, 3.8) is 0 Å². The minimum atomic E-state index is 0.590. The molecule has 0 aliphatic carbocycles. The van der Waals surface area contributed by atoms with Crippen LogP contribution in [0.5, 0.6) is 0 Å². The molecule has 3 heteroatoms. The van der Waals surface area contributed by atoms with E-state index in [4.69, 9.17) is 9.47 Å². The zero-order chi connectivity index (χ0) is 11.1. The molecule has 0 aromatic heterocycles. The van der Waals surface area contributed by atoms with Gasteiger partial charge in [-0.05, 0) is 25.3 Å². The van der Waals surface area contributed by atoms with Gasteiger partial charge in [-0.15, -0.1) is 0 Å². The van der Waals surface area contributed by atoms with Crippen LogP contribution < -0.4 is 5.32 Å². The van der Waals surface area contributed by atoms with Crippen molar-refractivity contribution >= 4 is 0 Å². The highest BCUT2D eigenvalue weighted by Gasteiger charge is 2.28. The lowest BCUT2D eigenvalue weighted by molar-refractivity contribution is 0.143. The van der Waals surface area contributed by atoms with E-state index in [-0.39, 0.29) is 0 Å². The largest absolute Gasteiger partial charge is 0.385 e. The molecule has 3 unspecified atom stereocenters. The van der Waals surface area contributed by atoms with Gasteiger partial charge >= 0.3 is 0 Å². The Morgan fingerprint density at radius 3 is 2.87 bits per heavy atom. The molecule has 0 aromatic rings. The molecule has 1 saturated heterocycles. The van der Waals surface area contributed by atoms with Crippen molar-refractivity contribution in [2.45, 2.75) is 32.7 Å². The minimum absolute atomic E-state index is 0.590. The van der Waals surface area contributed by atoms with Crippen molar-refractivity contribution in [3.8, 4) is 0 Å². The highest BCUT2D eigenvalue weighted by molar-refractivity contribution is 4.83. The molecule has 0 spiro atoms. The van der Waals surface area contributed by atoms with Crippen LogP contribution in [0.4, 0.5) is 0 Å². The Kier molecular flexibility index (Phi) is 6.22. The normalized spacial score (nSPS) is 25.4. The molecule has 90 valence electrons. The standard InChI is InChI=1S/C12H25NO2/c1-4-13-12(10(2)5-7-14-3)11-6-8-15-9-11/h10-13H,4-9H2,1-3H3. The van der Waals surface area contributed by atoms with Crippen molar-refractivity contribution in [2.75, 3.05) is 33.5 Å². The maximum absolute atomic E-state index is 5.47. The van der Waals surface area contributed by atoms with E-state index in [1.807, 2.05) is 0 Å². The van der Waals surface area contributed by atoms with Crippen molar-refractivity contribution in [3.05, 3.63) is 0 Å². The molecule has 0 bridgehead atoms. The number of hydrogen-bond donors (Lipinski definition) is 1. The SMILES string of the molecule is CCNC(C(C)CCOC)C1CCOC1. The molecule has 1 fully saturated rings. The number of rotatable bonds is 7. The first-order chi connectivity index (χ1) is 7.29. The Morgan fingerprint density at radius 1 is 1.53 bits per heavy atom. The van der Waals surface area contributed by atoms with Gasteiger partial charge in [0.05, 0.1) is 6.61 Å². The Labute approximate surface area is 93.5 Å². The van der Waals surface area contributed by atoms with Gasteiger partial charge in [-0.3, -0.25) is 0 Å². The van der Waals surface area contributed by atoms with E-state index in [9.17, 15) is 0 Å². The van der Waals surface area contributed by atoms with Gasteiger partial charge in [-0.2, -0.15) is 0 Å². The van der Waals surface area contributed by atoms with Crippen LogP contribution in [0, 0.1) is 11.8 Å². The number of methoxy groups -OCH3 is 1. The maximum atomic E-state index is 5.47. The zero-order valence-corrected chi connectivity index (χ0v) is 10.3. The molecule has 0 amide bonds. The Balaban J connectivity index is 2.39. The van der Waals surface area contributed by atoms with E-state index >= 15 is 0 Å². The first-order valence-corrected chi connectivity index (χ1v) is 6.09. The van der Waals surface area contributed by atoms with Crippen molar-refractivity contribution in [2.24, 2.45) is 11.8 Å².